The molecular formula is C18H19F4N3. The maximum absolute atomic E-state index is 14.3. The molecule has 0 unspecified atom stereocenters. The molecule has 0 amide bonds. The normalized spacial score (nSPS) is 15.6. The summed E-state index contributed by atoms with van der Waals surface area (Å²) >= 11 is 0. The van der Waals surface area contributed by atoms with Gasteiger partial charge in [-0.3, -0.25) is 0 Å². The maximum Gasteiger partial charge on any atom is 0.416 e. The van der Waals surface area contributed by atoms with E-state index in [0.717, 1.165) is 17.8 Å². The minimum Gasteiger partial charge on any atom is -0.368 e. The molecule has 7 heteroatoms. The smallest absolute Gasteiger partial charge is 0.368 e. The molecule has 1 fully saturated rings. The molecule has 1 aromatic carbocycles. The van der Waals surface area contributed by atoms with Crippen LogP contribution in [0, 0.1) is 19.7 Å². The molecular weight excluding hydrogens is 334 g/mol. The van der Waals surface area contributed by atoms with Crippen molar-refractivity contribution >= 4 is 11.5 Å². The fourth-order valence-electron chi connectivity index (χ4n) is 3.07. The molecule has 0 spiro atoms. The van der Waals surface area contributed by atoms with Crippen molar-refractivity contribution in [3.8, 4) is 0 Å². The summed E-state index contributed by atoms with van der Waals surface area (Å²) in [4.78, 5) is 8.01. The molecule has 0 saturated carbocycles. The summed E-state index contributed by atoms with van der Waals surface area (Å²) in [6.45, 7) is 5.54. The average molecular weight is 353 g/mol. The van der Waals surface area contributed by atoms with Gasteiger partial charge in [0.2, 0.25) is 0 Å². The summed E-state index contributed by atoms with van der Waals surface area (Å²) in [5.41, 5.74) is 1.16. The van der Waals surface area contributed by atoms with Gasteiger partial charge in [0.1, 0.15) is 0 Å². The van der Waals surface area contributed by atoms with Crippen molar-refractivity contribution in [2.45, 2.75) is 20.0 Å². The monoisotopic (exact) mass is 353 g/mol. The molecule has 3 nitrogen and oxygen atoms in total. The topological polar surface area (TPSA) is 19.4 Å². The third kappa shape index (κ3) is 3.70. The number of alkyl halides is 3. The zero-order valence-electron chi connectivity index (χ0n) is 14.1. The number of halogens is 4. The van der Waals surface area contributed by atoms with Gasteiger partial charge >= 0.3 is 6.18 Å². The lowest BCUT2D eigenvalue weighted by atomic mass is 10.1. The zero-order chi connectivity index (χ0) is 18.2. The van der Waals surface area contributed by atoms with Crippen LogP contribution in [0.15, 0.2) is 30.3 Å². The average Bonchev–Trinajstić information content (AvgIpc) is 2.58. The van der Waals surface area contributed by atoms with E-state index < -0.39 is 11.7 Å². The molecule has 25 heavy (non-hydrogen) atoms. The predicted molar refractivity (Wildman–Crippen MR) is 89.5 cm³/mol. The van der Waals surface area contributed by atoms with Gasteiger partial charge in [-0.2, -0.15) is 13.2 Å². The van der Waals surface area contributed by atoms with E-state index in [2.05, 4.69) is 4.98 Å². The van der Waals surface area contributed by atoms with Gasteiger partial charge in [-0.25, -0.2) is 9.37 Å². The fourth-order valence-corrected chi connectivity index (χ4v) is 3.07. The number of rotatable bonds is 2. The van der Waals surface area contributed by atoms with E-state index in [9.17, 15) is 17.6 Å². The molecule has 1 saturated heterocycles. The Labute approximate surface area is 143 Å². The lowest BCUT2D eigenvalue weighted by Gasteiger charge is -2.37. The third-order valence-electron chi connectivity index (χ3n) is 4.37. The van der Waals surface area contributed by atoms with Gasteiger partial charge in [0, 0.05) is 37.6 Å². The van der Waals surface area contributed by atoms with Gasteiger partial charge in [0.05, 0.1) is 5.56 Å². The summed E-state index contributed by atoms with van der Waals surface area (Å²) in [6.07, 6.45) is -4.36. The van der Waals surface area contributed by atoms with Crippen LogP contribution in [-0.2, 0) is 6.18 Å². The van der Waals surface area contributed by atoms with Crippen molar-refractivity contribution in [1.82, 2.24) is 4.98 Å². The van der Waals surface area contributed by atoms with E-state index in [1.54, 1.807) is 19.1 Å². The van der Waals surface area contributed by atoms with Crippen molar-refractivity contribution < 1.29 is 17.6 Å². The number of nitrogens with zero attached hydrogens (tertiary/aromatic N) is 3. The minimum atomic E-state index is -4.36. The van der Waals surface area contributed by atoms with Crippen molar-refractivity contribution in [3.05, 3.63) is 53.0 Å². The Bertz CT molecular complexity index is 765. The quantitative estimate of drug-likeness (QED) is 0.755. The summed E-state index contributed by atoms with van der Waals surface area (Å²) in [5.74, 6) is -0.0145. The standard InChI is InChI=1S/C18H19F4N3/c1-12-10-13(2)23-17(16(12)19)25-8-6-24(7-9-25)15-5-3-4-14(11-15)18(20,21)22/h3-5,10-11H,6-9H2,1-2H3. The van der Waals surface area contributed by atoms with Crippen LogP contribution >= 0.6 is 0 Å². The van der Waals surface area contributed by atoms with Crippen LogP contribution in [0.25, 0.3) is 0 Å². The second kappa shape index (κ2) is 6.54. The van der Waals surface area contributed by atoms with Gasteiger partial charge < -0.3 is 9.80 Å². The van der Waals surface area contributed by atoms with E-state index in [4.69, 9.17) is 0 Å². The molecule has 1 aromatic heterocycles. The molecule has 0 aliphatic carbocycles. The van der Waals surface area contributed by atoms with E-state index in [1.807, 2.05) is 16.7 Å². The Kier molecular flexibility index (Phi) is 4.58. The Balaban J connectivity index is 1.75. The molecule has 134 valence electrons. The van der Waals surface area contributed by atoms with Crippen molar-refractivity contribution in [2.24, 2.45) is 0 Å². The first-order valence-electron chi connectivity index (χ1n) is 8.06. The number of hydrogen-bond donors (Lipinski definition) is 0. The van der Waals surface area contributed by atoms with Crippen molar-refractivity contribution in [2.75, 3.05) is 36.0 Å². The summed E-state index contributed by atoms with van der Waals surface area (Å²) in [7, 11) is 0. The van der Waals surface area contributed by atoms with Crippen LogP contribution < -0.4 is 9.80 Å². The molecule has 0 radical (unpaired) electrons. The largest absolute Gasteiger partial charge is 0.416 e. The Morgan fingerprint density at radius 1 is 0.960 bits per heavy atom. The molecule has 0 N–H and O–H groups in total. The van der Waals surface area contributed by atoms with Crippen LogP contribution in [0.2, 0.25) is 0 Å². The highest BCUT2D eigenvalue weighted by Gasteiger charge is 2.31. The highest BCUT2D eigenvalue weighted by atomic mass is 19.4. The van der Waals surface area contributed by atoms with Gasteiger partial charge in [-0.05, 0) is 43.7 Å². The number of benzene rings is 1. The molecule has 0 atom stereocenters. The Morgan fingerprint density at radius 3 is 2.24 bits per heavy atom. The third-order valence-corrected chi connectivity index (χ3v) is 4.37. The summed E-state index contributed by atoms with van der Waals surface area (Å²) < 4.78 is 52.9. The van der Waals surface area contributed by atoms with E-state index in [-0.39, 0.29) is 5.82 Å². The maximum atomic E-state index is 14.3. The second-order valence-electron chi connectivity index (χ2n) is 6.24. The molecule has 1 aliphatic rings. The fraction of sp³-hybridized carbons (Fsp3) is 0.389. The van der Waals surface area contributed by atoms with Crippen LogP contribution in [0.1, 0.15) is 16.8 Å². The summed E-state index contributed by atoms with van der Waals surface area (Å²) in [6, 6.07) is 6.99. The second-order valence-corrected chi connectivity index (χ2v) is 6.24. The molecule has 2 aromatic rings. The number of anilines is 2. The number of aromatic nitrogens is 1. The highest BCUT2D eigenvalue weighted by Crippen LogP contribution is 2.32. The first kappa shape index (κ1) is 17.5. The van der Waals surface area contributed by atoms with Crippen molar-refractivity contribution in [3.63, 3.8) is 0 Å². The van der Waals surface area contributed by atoms with Crippen LogP contribution in [-0.4, -0.2) is 31.2 Å². The number of piperazine rings is 1. The number of hydrogen-bond acceptors (Lipinski definition) is 3. The van der Waals surface area contributed by atoms with Crippen LogP contribution in [0.5, 0.6) is 0 Å². The first-order valence-corrected chi connectivity index (χ1v) is 8.06. The van der Waals surface area contributed by atoms with Crippen LogP contribution in [0.4, 0.5) is 29.1 Å². The molecule has 3 rings (SSSR count). The number of aryl methyl sites for hydroxylation is 2. The highest BCUT2D eigenvalue weighted by molar-refractivity contribution is 5.52. The predicted octanol–water partition coefficient (Wildman–Crippen LogP) is 4.18. The molecule has 1 aliphatic heterocycles. The zero-order valence-corrected chi connectivity index (χ0v) is 14.1. The first-order chi connectivity index (χ1) is 11.8. The van der Waals surface area contributed by atoms with E-state index >= 15 is 0 Å². The Morgan fingerprint density at radius 2 is 1.60 bits per heavy atom. The lowest BCUT2D eigenvalue weighted by Crippen LogP contribution is -2.47. The minimum absolute atomic E-state index is 0.321. The number of pyridine rings is 1. The van der Waals surface area contributed by atoms with Crippen LogP contribution in [0.3, 0.4) is 0 Å². The van der Waals surface area contributed by atoms with Gasteiger partial charge in [-0.1, -0.05) is 6.07 Å². The van der Waals surface area contributed by atoms with E-state index in [1.165, 1.54) is 6.07 Å². The van der Waals surface area contributed by atoms with Gasteiger partial charge in [-0.15, -0.1) is 0 Å². The van der Waals surface area contributed by atoms with Gasteiger partial charge in [0.15, 0.2) is 11.6 Å². The molecule has 2 heterocycles. The SMILES string of the molecule is Cc1cc(C)c(F)c(N2CCN(c3cccc(C(F)(F)F)c3)CC2)n1. The van der Waals surface area contributed by atoms with Crippen molar-refractivity contribution in [1.29, 1.82) is 0 Å². The lowest BCUT2D eigenvalue weighted by molar-refractivity contribution is -0.137. The van der Waals surface area contributed by atoms with Gasteiger partial charge in [0.25, 0.3) is 0 Å². The molecule has 0 bridgehead atoms. The summed E-state index contributed by atoms with van der Waals surface area (Å²) in [5, 5.41) is 0. The Hall–Kier alpha value is -2.31. The van der Waals surface area contributed by atoms with E-state index in [0.29, 0.717) is 43.2 Å².